The highest BCUT2D eigenvalue weighted by Crippen LogP contribution is 2.29. The highest BCUT2D eigenvalue weighted by atomic mass is 32.1. The minimum atomic E-state index is 0.0195. The number of fused-ring (bicyclic) bond motifs is 1. The fraction of sp³-hybridized carbons (Fsp3) is 0.312. The van der Waals surface area contributed by atoms with Gasteiger partial charge in [-0.15, -0.1) is 0 Å². The maximum Gasteiger partial charge on any atom is 0.227 e. The minimum absolute atomic E-state index is 0.0195. The molecular weight excluding hydrogens is 268 g/mol. The first-order chi connectivity index (χ1) is 9.79. The summed E-state index contributed by atoms with van der Waals surface area (Å²) in [6, 6.07) is 10.3. The average Bonchev–Trinajstić information content (AvgIpc) is 2.98. The third kappa shape index (κ3) is 2.49. The maximum absolute atomic E-state index is 12.5. The molecule has 2 aromatic rings. The maximum atomic E-state index is 12.5. The topological polar surface area (TPSA) is 46.3 Å². The molecule has 1 aliphatic heterocycles. The Balaban J connectivity index is 1.82. The number of hydrogen-bond acceptors (Lipinski definition) is 3. The Bertz CT molecular complexity index is 594. The molecule has 0 fully saturated rings. The third-order valence-corrected chi connectivity index (χ3v) is 4.62. The quantitative estimate of drug-likeness (QED) is 0.941. The monoisotopic (exact) mass is 286 g/mol. The number of thiophene rings is 1. The van der Waals surface area contributed by atoms with Gasteiger partial charge in [-0.3, -0.25) is 4.79 Å². The normalized spacial score (nSPS) is 17.9. The van der Waals surface area contributed by atoms with Crippen molar-refractivity contribution in [2.24, 2.45) is 5.73 Å². The van der Waals surface area contributed by atoms with E-state index in [4.69, 9.17) is 5.73 Å². The number of amides is 1. The van der Waals surface area contributed by atoms with E-state index in [-0.39, 0.29) is 11.9 Å². The Kier molecular flexibility index (Phi) is 3.85. The molecule has 0 bridgehead atoms. The lowest BCUT2D eigenvalue weighted by Crippen LogP contribution is -2.43. The predicted octanol–water partition coefficient (Wildman–Crippen LogP) is 2.38. The van der Waals surface area contributed by atoms with Crippen molar-refractivity contribution in [2.45, 2.75) is 18.9 Å². The smallest absolute Gasteiger partial charge is 0.227 e. The number of nitrogens with zero attached hydrogens (tertiary/aromatic N) is 1. The molecule has 1 amide bonds. The van der Waals surface area contributed by atoms with E-state index in [1.165, 1.54) is 11.1 Å². The van der Waals surface area contributed by atoms with Crippen molar-refractivity contribution in [1.82, 2.24) is 4.90 Å². The largest absolute Gasteiger partial charge is 0.334 e. The molecule has 0 saturated heterocycles. The lowest BCUT2D eigenvalue weighted by atomic mass is 9.92. The van der Waals surface area contributed by atoms with Gasteiger partial charge >= 0.3 is 0 Å². The van der Waals surface area contributed by atoms with Gasteiger partial charge in [0.25, 0.3) is 0 Å². The molecule has 20 heavy (non-hydrogen) atoms. The van der Waals surface area contributed by atoms with Gasteiger partial charge in [0, 0.05) is 13.1 Å². The van der Waals surface area contributed by atoms with Crippen molar-refractivity contribution in [3.63, 3.8) is 0 Å². The lowest BCUT2D eigenvalue weighted by molar-refractivity contribution is -0.133. The van der Waals surface area contributed by atoms with E-state index in [9.17, 15) is 4.79 Å². The number of carbonyl (C=O) groups excluding carboxylic acids is 1. The van der Waals surface area contributed by atoms with E-state index >= 15 is 0 Å². The molecule has 3 rings (SSSR count). The zero-order valence-corrected chi connectivity index (χ0v) is 12.1. The molecule has 0 aliphatic carbocycles. The van der Waals surface area contributed by atoms with Gasteiger partial charge in [-0.25, -0.2) is 0 Å². The van der Waals surface area contributed by atoms with Crippen LogP contribution in [0.3, 0.4) is 0 Å². The summed E-state index contributed by atoms with van der Waals surface area (Å²) in [5.41, 5.74) is 9.55. The zero-order chi connectivity index (χ0) is 13.9. The first-order valence-corrected chi connectivity index (χ1v) is 7.82. The summed E-state index contributed by atoms with van der Waals surface area (Å²) in [4.78, 5) is 14.5. The molecule has 0 saturated carbocycles. The summed E-state index contributed by atoms with van der Waals surface area (Å²) in [5.74, 6) is 0.174. The van der Waals surface area contributed by atoms with E-state index in [2.05, 4.69) is 18.2 Å². The first kappa shape index (κ1) is 13.3. The summed E-state index contributed by atoms with van der Waals surface area (Å²) in [6.07, 6.45) is 1.39. The van der Waals surface area contributed by atoms with Gasteiger partial charge in [0.15, 0.2) is 0 Å². The number of carbonyl (C=O) groups is 1. The fourth-order valence-corrected chi connectivity index (χ4v) is 3.54. The Morgan fingerprint density at radius 2 is 2.20 bits per heavy atom. The standard InChI is InChI=1S/C16H18N2OS/c17-10-15-14-4-2-1-3-13(14)5-7-18(15)16(19)9-12-6-8-20-11-12/h1-4,6,8,11,15H,5,7,9-10,17H2. The van der Waals surface area contributed by atoms with E-state index in [1.807, 2.05) is 27.8 Å². The van der Waals surface area contributed by atoms with Crippen LogP contribution in [-0.4, -0.2) is 23.9 Å². The number of hydrogen-bond donors (Lipinski definition) is 1. The van der Waals surface area contributed by atoms with Gasteiger partial charge < -0.3 is 10.6 Å². The number of benzene rings is 1. The second-order valence-electron chi connectivity index (χ2n) is 5.10. The van der Waals surface area contributed by atoms with Crippen LogP contribution in [0.5, 0.6) is 0 Å². The molecule has 2 heterocycles. The van der Waals surface area contributed by atoms with Crippen molar-refractivity contribution in [1.29, 1.82) is 0 Å². The second-order valence-corrected chi connectivity index (χ2v) is 5.88. The second kappa shape index (κ2) is 5.77. The van der Waals surface area contributed by atoms with Gasteiger partial charge in [0.2, 0.25) is 5.91 Å². The minimum Gasteiger partial charge on any atom is -0.334 e. The van der Waals surface area contributed by atoms with Gasteiger partial charge in [0.1, 0.15) is 0 Å². The van der Waals surface area contributed by atoms with Crippen LogP contribution in [-0.2, 0) is 17.6 Å². The Morgan fingerprint density at radius 1 is 1.35 bits per heavy atom. The predicted molar refractivity (Wildman–Crippen MR) is 81.7 cm³/mol. The van der Waals surface area contributed by atoms with Crippen LogP contribution in [0.1, 0.15) is 22.7 Å². The molecule has 3 nitrogen and oxygen atoms in total. The molecule has 1 aromatic carbocycles. The molecule has 4 heteroatoms. The van der Waals surface area contributed by atoms with Gasteiger partial charge in [-0.05, 0) is 39.9 Å². The van der Waals surface area contributed by atoms with E-state index in [0.717, 1.165) is 18.5 Å². The van der Waals surface area contributed by atoms with Crippen molar-refractivity contribution < 1.29 is 4.79 Å². The van der Waals surface area contributed by atoms with E-state index in [1.54, 1.807) is 11.3 Å². The Hall–Kier alpha value is -1.65. The van der Waals surface area contributed by atoms with Crippen molar-refractivity contribution in [2.75, 3.05) is 13.1 Å². The van der Waals surface area contributed by atoms with Crippen molar-refractivity contribution >= 4 is 17.2 Å². The number of nitrogens with two attached hydrogens (primary N) is 1. The zero-order valence-electron chi connectivity index (χ0n) is 11.3. The molecule has 0 spiro atoms. The summed E-state index contributed by atoms with van der Waals surface area (Å²) < 4.78 is 0. The summed E-state index contributed by atoms with van der Waals surface area (Å²) in [6.45, 7) is 1.24. The van der Waals surface area contributed by atoms with E-state index < -0.39 is 0 Å². The Morgan fingerprint density at radius 3 is 2.95 bits per heavy atom. The van der Waals surface area contributed by atoms with Gasteiger partial charge in [-0.1, -0.05) is 24.3 Å². The van der Waals surface area contributed by atoms with Gasteiger partial charge in [-0.2, -0.15) is 11.3 Å². The summed E-state index contributed by atoms with van der Waals surface area (Å²) >= 11 is 1.63. The van der Waals surface area contributed by atoms with Crippen LogP contribution in [0.15, 0.2) is 41.1 Å². The average molecular weight is 286 g/mol. The highest BCUT2D eigenvalue weighted by Gasteiger charge is 2.29. The summed E-state index contributed by atoms with van der Waals surface area (Å²) in [5, 5.41) is 4.04. The molecule has 0 radical (unpaired) electrons. The fourth-order valence-electron chi connectivity index (χ4n) is 2.87. The first-order valence-electron chi connectivity index (χ1n) is 6.88. The SMILES string of the molecule is NCC1c2ccccc2CCN1C(=O)Cc1ccsc1. The number of rotatable bonds is 3. The van der Waals surface area contributed by atoms with Crippen LogP contribution in [0, 0.1) is 0 Å². The van der Waals surface area contributed by atoms with Gasteiger partial charge in [0.05, 0.1) is 12.5 Å². The summed E-state index contributed by atoms with van der Waals surface area (Å²) in [7, 11) is 0. The molecule has 104 valence electrons. The van der Waals surface area contributed by atoms with E-state index in [0.29, 0.717) is 13.0 Å². The lowest BCUT2D eigenvalue weighted by Gasteiger charge is -2.36. The third-order valence-electron chi connectivity index (χ3n) is 3.89. The van der Waals surface area contributed by atoms with Crippen LogP contribution in [0.2, 0.25) is 0 Å². The van der Waals surface area contributed by atoms with Crippen LogP contribution in [0.25, 0.3) is 0 Å². The molecular formula is C16H18N2OS. The highest BCUT2D eigenvalue weighted by molar-refractivity contribution is 7.07. The molecule has 1 aromatic heterocycles. The van der Waals surface area contributed by atoms with Crippen LogP contribution < -0.4 is 5.73 Å². The Labute approximate surface area is 123 Å². The van der Waals surface area contributed by atoms with Crippen LogP contribution in [0.4, 0.5) is 0 Å². The van der Waals surface area contributed by atoms with Crippen molar-refractivity contribution in [3.8, 4) is 0 Å². The molecule has 1 unspecified atom stereocenters. The van der Waals surface area contributed by atoms with Crippen molar-refractivity contribution in [3.05, 3.63) is 57.8 Å². The molecule has 1 aliphatic rings. The molecule has 1 atom stereocenters. The van der Waals surface area contributed by atoms with Crippen LogP contribution >= 0.6 is 11.3 Å². The molecule has 2 N–H and O–H groups in total.